The predicted octanol–water partition coefficient (Wildman–Crippen LogP) is 2.69. The molecule has 0 radical (unpaired) electrons. The summed E-state index contributed by atoms with van der Waals surface area (Å²) in [6, 6.07) is 3.37. The maximum atomic E-state index is 10.7. The zero-order valence-electron chi connectivity index (χ0n) is 10.3. The van der Waals surface area contributed by atoms with Gasteiger partial charge in [-0.3, -0.25) is 0 Å². The van der Waals surface area contributed by atoms with E-state index in [1.807, 2.05) is 20.8 Å². The summed E-state index contributed by atoms with van der Waals surface area (Å²) in [6.45, 7) is 6.66. The van der Waals surface area contributed by atoms with Gasteiger partial charge in [-0.25, -0.2) is 9.78 Å². The van der Waals surface area contributed by atoms with Gasteiger partial charge < -0.3 is 9.84 Å². The molecule has 0 spiro atoms. The molecule has 0 saturated carbocycles. The summed E-state index contributed by atoms with van der Waals surface area (Å²) in [6.07, 6.45) is 1.51. The Labute approximate surface area is 105 Å². The van der Waals surface area contributed by atoms with Gasteiger partial charge in [-0.05, 0) is 32.9 Å². The van der Waals surface area contributed by atoms with Gasteiger partial charge in [0.05, 0.1) is 12.2 Å². The summed E-state index contributed by atoms with van der Waals surface area (Å²) in [5, 5.41) is 8.79. The molecule has 1 heterocycles. The molecule has 4 nitrogen and oxygen atoms in total. The lowest BCUT2D eigenvalue weighted by molar-refractivity contribution is 0.00694. The Balaban J connectivity index is 2.42. The summed E-state index contributed by atoms with van der Waals surface area (Å²) in [4.78, 5) is 15.4. The smallest absolute Gasteiger partial charge is 0.354 e. The number of ether oxygens (including phenoxy) is 1. The van der Waals surface area contributed by atoms with Crippen LogP contribution in [0.5, 0.6) is 0 Å². The second kappa shape index (κ2) is 6.02. The summed E-state index contributed by atoms with van der Waals surface area (Å²) in [7, 11) is 0. The number of rotatable bonds is 5. The molecule has 0 aliphatic carbocycles. The number of thioether (sulfide) groups is 1. The molecule has 17 heavy (non-hydrogen) atoms. The third-order valence-corrected chi connectivity index (χ3v) is 2.80. The van der Waals surface area contributed by atoms with Crippen molar-refractivity contribution in [2.45, 2.75) is 31.3 Å². The Morgan fingerprint density at radius 3 is 2.82 bits per heavy atom. The van der Waals surface area contributed by atoms with Crippen molar-refractivity contribution in [3.63, 3.8) is 0 Å². The molecule has 0 aromatic carbocycles. The van der Waals surface area contributed by atoms with Crippen LogP contribution >= 0.6 is 11.8 Å². The minimum atomic E-state index is -1.00. The highest BCUT2D eigenvalue weighted by atomic mass is 32.2. The molecular weight excluding hydrogens is 238 g/mol. The van der Waals surface area contributed by atoms with Crippen molar-refractivity contribution in [2.75, 3.05) is 12.4 Å². The van der Waals surface area contributed by atoms with Crippen LogP contribution in [0.2, 0.25) is 0 Å². The molecule has 1 aromatic heterocycles. The Morgan fingerprint density at radius 2 is 2.24 bits per heavy atom. The third-order valence-electron chi connectivity index (χ3n) is 1.84. The third kappa shape index (κ3) is 5.70. The van der Waals surface area contributed by atoms with Gasteiger partial charge in [0.25, 0.3) is 0 Å². The van der Waals surface area contributed by atoms with Crippen LogP contribution in [0, 0.1) is 0 Å². The Bertz CT molecular complexity index is 388. The molecule has 1 aromatic rings. The summed E-state index contributed by atoms with van der Waals surface area (Å²) < 4.78 is 5.58. The van der Waals surface area contributed by atoms with E-state index >= 15 is 0 Å². The molecule has 0 atom stereocenters. The van der Waals surface area contributed by atoms with E-state index < -0.39 is 5.97 Å². The van der Waals surface area contributed by atoms with E-state index in [2.05, 4.69) is 4.98 Å². The first-order valence-corrected chi connectivity index (χ1v) is 6.33. The van der Waals surface area contributed by atoms with E-state index in [-0.39, 0.29) is 11.3 Å². The molecule has 0 bridgehead atoms. The van der Waals surface area contributed by atoms with Crippen LogP contribution in [-0.4, -0.2) is 34.0 Å². The van der Waals surface area contributed by atoms with Gasteiger partial charge in [0, 0.05) is 16.8 Å². The number of pyridine rings is 1. The highest BCUT2D eigenvalue weighted by Crippen LogP contribution is 2.18. The fourth-order valence-corrected chi connectivity index (χ4v) is 1.88. The fraction of sp³-hybridized carbons (Fsp3) is 0.500. The minimum Gasteiger partial charge on any atom is -0.477 e. The molecule has 0 aliphatic heterocycles. The first-order chi connectivity index (χ1) is 7.88. The van der Waals surface area contributed by atoms with E-state index in [0.717, 1.165) is 10.6 Å². The zero-order chi connectivity index (χ0) is 12.9. The molecule has 0 amide bonds. The van der Waals surface area contributed by atoms with Gasteiger partial charge in [0.15, 0.2) is 0 Å². The van der Waals surface area contributed by atoms with Crippen LogP contribution in [0.4, 0.5) is 0 Å². The normalized spacial score (nSPS) is 11.5. The van der Waals surface area contributed by atoms with E-state index in [0.29, 0.717) is 6.61 Å². The monoisotopic (exact) mass is 255 g/mol. The van der Waals surface area contributed by atoms with Crippen molar-refractivity contribution in [1.29, 1.82) is 0 Å². The van der Waals surface area contributed by atoms with E-state index in [9.17, 15) is 4.79 Å². The number of carbonyl (C=O) groups is 1. The van der Waals surface area contributed by atoms with Gasteiger partial charge in [0.2, 0.25) is 0 Å². The highest BCUT2D eigenvalue weighted by Gasteiger charge is 2.09. The molecule has 1 N–H and O–H groups in total. The number of hydrogen-bond acceptors (Lipinski definition) is 4. The number of aromatic carboxylic acids is 1. The molecule has 0 saturated heterocycles. The van der Waals surface area contributed by atoms with E-state index in [1.165, 1.54) is 6.20 Å². The fourth-order valence-electron chi connectivity index (χ4n) is 1.13. The zero-order valence-corrected chi connectivity index (χ0v) is 11.1. The minimum absolute atomic E-state index is 0.0757. The first-order valence-electron chi connectivity index (χ1n) is 5.34. The Hall–Kier alpha value is -1.07. The van der Waals surface area contributed by atoms with E-state index in [1.54, 1.807) is 23.9 Å². The molecule has 1 rings (SSSR count). The Kier molecular flexibility index (Phi) is 4.96. The summed E-state index contributed by atoms with van der Waals surface area (Å²) in [5.74, 6) is -0.209. The van der Waals surface area contributed by atoms with E-state index in [4.69, 9.17) is 9.84 Å². The molecule has 0 unspecified atom stereocenters. The van der Waals surface area contributed by atoms with Crippen molar-refractivity contribution >= 4 is 17.7 Å². The summed E-state index contributed by atoms with van der Waals surface area (Å²) in [5.41, 5.74) is -0.0582. The maximum absolute atomic E-state index is 10.7. The highest BCUT2D eigenvalue weighted by molar-refractivity contribution is 7.99. The van der Waals surface area contributed by atoms with Gasteiger partial charge >= 0.3 is 5.97 Å². The molecule has 0 fully saturated rings. The van der Waals surface area contributed by atoms with Crippen LogP contribution in [0.15, 0.2) is 23.2 Å². The second-order valence-corrected chi connectivity index (χ2v) is 5.66. The molecule has 94 valence electrons. The average molecular weight is 255 g/mol. The van der Waals surface area contributed by atoms with Gasteiger partial charge in [-0.2, -0.15) is 0 Å². The number of carboxylic acid groups (broad SMARTS) is 1. The van der Waals surface area contributed by atoms with Crippen molar-refractivity contribution < 1.29 is 14.6 Å². The number of hydrogen-bond donors (Lipinski definition) is 1. The summed E-state index contributed by atoms with van der Waals surface area (Å²) >= 11 is 1.56. The largest absolute Gasteiger partial charge is 0.477 e. The van der Waals surface area contributed by atoms with Crippen LogP contribution < -0.4 is 0 Å². The molecule has 5 heteroatoms. The van der Waals surface area contributed by atoms with Crippen molar-refractivity contribution in [2.24, 2.45) is 0 Å². The van der Waals surface area contributed by atoms with Crippen LogP contribution in [-0.2, 0) is 4.74 Å². The van der Waals surface area contributed by atoms with Crippen LogP contribution in [0.1, 0.15) is 31.3 Å². The first kappa shape index (κ1) is 14.0. The quantitative estimate of drug-likeness (QED) is 0.647. The average Bonchev–Trinajstić information content (AvgIpc) is 2.23. The lowest BCUT2D eigenvalue weighted by atomic mass is 10.2. The number of aromatic nitrogens is 1. The van der Waals surface area contributed by atoms with Gasteiger partial charge in [-0.1, -0.05) is 0 Å². The maximum Gasteiger partial charge on any atom is 0.354 e. The van der Waals surface area contributed by atoms with Crippen LogP contribution in [0.25, 0.3) is 0 Å². The standard InChI is InChI=1S/C12H17NO3S/c1-12(2,3)16-6-7-17-9-4-5-13-10(8-9)11(14)15/h4-5,8H,6-7H2,1-3H3,(H,14,15). The van der Waals surface area contributed by atoms with Crippen molar-refractivity contribution in [3.05, 3.63) is 24.0 Å². The molecular formula is C12H17NO3S. The van der Waals surface area contributed by atoms with Crippen LogP contribution in [0.3, 0.4) is 0 Å². The number of nitrogens with zero attached hydrogens (tertiary/aromatic N) is 1. The Morgan fingerprint density at radius 1 is 1.53 bits per heavy atom. The molecule has 0 aliphatic rings. The van der Waals surface area contributed by atoms with Crippen molar-refractivity contribution in [1.82, 2.24) is 4.98 Å². The SMILES string of the molecule is CC(C)(C)OCCSc1ccnc(C(=O)O)c1. The predicted molar refractivity (Wildman–Crippen MR) is 67.6 cm³/mol. The second-order valence-electron chi connectivity index (χ2n) is 4.49. The number of carboxylic acids is 1. The van der Waals surface area contributed by atoms with Crippen molar-refractivity contribution in [3.8, 4) is 0 Å². The lowest BCUT2D eigenvalue weighted by Crippen LogP contribution is -2.20. The topological polar surface area (TPSA) is 59.4 Å². The van der Waals surface area contributed by atoms with Gasteiger partial charge in [0.1, 0.15) is 5.69 Å². The van der Waals surface area contributed by atoms with Gasteiger partial charge in [-0.15, -0.1) is 11.8 Å². The lowest BCUT2D eigenvalue weighted by Gasteiger charge is -2.19.